The van der Waals surface area contributed by atoms with Crippen LogP contribution in [0.1, 0.15) is 48.6 Å². The molecule has 0 spiro atoms. The molecule has 204 valence electrons. The normalized spacial score (nSPS) is 21.1. The lowest BCUT2D eigenvalue weighted by Crippen LogP contribution is -2.40. The quantitative estimate of drug-likeness (QED) is 0.140. The van der Waals surface area contributed by atoms with Crippen molar-refractivity contribution in [2.75, 3.05) is 0 Å². The van der Waals surface area contributed by atoms with E-state index in [0.717, 1.165) is 16.7 Å². The Kier molecular flexibility index (Phi) is 6.66. The molecule has 2 radical (unpaired) electrons. The van der Waals surface area contributed by atoms with Crippen LogP contribution in [0.15, 0.2) is 139 Å². The average molecular weight is 598 g/mol. The molecule has 0 N–H and O–H groups in total. The van der Waals surface area contributed by atoms with Crippen LogP contribution in [0.5, 0.6) is 0 Å². The van der Waals surface area contributed by atoms with E-state index >= 15 is 0 Å². The molecule has 2 atom stereocenters. The predicted molar refractivity (Wildman–Crippen MR) is 181 cm³/mol. The van der Waals surface area contributed by atoms with Crippen molar-refractivity contribution in [2.24, 2.45) is 0 Å². The molecule has 3 heteroatoms. The molecule has 0 fully saturated rings. The van der Waals surface area contributed by atoms with E-state index < -0.39 is 8.99 Å². The first kappa shape index (κ1) is 27.2. The van der Waals surface area contributed by atoms with E-state index in [0.29, 0.717) is 0 Å². The van der Waals surface area contributed by atoms with Gasteiger partial charge in [0.2, 0.25) is 0 Å². The lowest BCUT2D eigenvalue weighted by molar-refractivity contribution is 0.925. The Bertz CT molecular complexity index is 1890. The van der Waals surface area contributed by atoms with Crippen LogP contribution in [0.2, 0.25) is 0 Å². The molecule has 7 rings (SSSR count). The fourth-order valence-corrected chi connectivity index (χ4v) is 10.2. The summed E-state index contributed by atoms with van der Waals surface area (Å²) >= 11 is 15.9. The molecule has 0 saturated heterocycles. The molecule has 0 aromatic heterocycles. The second kappa shape index (κ2) is 10.3. The lowest BCUT2D eigenvalue weighted by atomic mass is 9.90. The fourth-order valence-electron chi connectivity index (χ4n) is 6.80. The standard InChI is InChI=1S/C39H30Cl2Si/c1-25-26(2)38(40,33-23-13-21-31(35(25)33)28-15-7-4-8-16-28)42-39(41)27(3)36(30-19-11-6-12-20-30)37-32(22-14-24-34(37)39)29-17-9-5-10-18-29/h4-24H,1-3H3. The summed E-state index contributed by atoms with van der Waals surface area (Å²) in [4.78, 5) is 0. The fraction of sp³-hybridized carbons (Fsp3) is 0.128. The average Bonchev–Trinajstić information content (AvgIpc) is 3.37. The Morgan fingerprint density at radius 2 is 0.881 bits per heavy atom. The van der Waals surface area contributed by atoms with Gasteiger partial charge in [0.15, 0.2) is 0 Å². The molecule has 0 amide bonds. The van der Waals surface area contributed by atoms with Gasteiger partial charge in [-0.05, 0) is 93.1 Å². The molecule has 2 aliphatic rings. The van der Waals surface area contributed by atoms with E-state index in [9.17, 15) is 0 Å². The number of alkyl halides is 2. The van der Waals surface area contributed by atoms with Crippen LogP contribution >= 0.6 is 23.2 Å². The van der Waals surface area contributed by atoms with Crippen LogP contribution in [-0.4, -0.2) is 9.52 Å². The maximum Gasteiger partial charge on any atom is 0.118 e. The monoisotopic (exact) mass is 596 g/mol. The molecular formula is C39H30Cl2Si. The first-order valence-corrected chi connectivity index (χ1v) is 16.1. The number of fused-ring (bicyclic) bond motifs is 2. The third-order valence-electron chi connectivity index (χ3n) is 9.04. The molecule has 0 nitrogen and oxygen atoms in total. The van der Waals surface area contributed by atoms with Crippen LogP contribution in [0.25, 0.3) is 33.4 Å². The minimum atomic E-state index is -0.765. The van der Waals surface area contributed by atoms with Gasteiger partial charge in [0.1, 0.15) is 9.52 Å². The molecule has 2 aliphatic carbocycles. The van der Waals surface area contributed by atoms with E-state index in [1.165, 1.54) is 55.7 Å². The van der Waals surface area contributed by atoms with Gasteiger partial charge in [0.25, 0.3) is 0 Å². The number of benzene rings is 5. The number of hydrogen-bond acceptors (Lipinski definition) is 0. The molecule has 5 aromatic rings. The molecule has 0 heterocycles. The zero-order valence-corrected chi connectivity index (χ0v) is 26.4. The second-order valence-electron chi connectivity index (χ2n) is 11.2. The second-order valence-corrected chi connectivity index (χ2v) is 14.8. The number of halogens is 2. The van der Waals surface area contributed by atoms with Gasteiger partial charge in [-0.25, -0.2) is 0 Å². The highest BCUT2D eigenvalue weighted by Crippen LogP contribution is 2.59. The Morgan fingerprint density at radius 3 is 1.40 bits per heavy atom. The van der Waals surface area contributed by atoms with Gasteiger partial charge < -0.3 is 0 Å². The highest BCUT2D eigenvalue weighted by Gasteiger charge is 2.52. The van der Waals surface area contributed by atoms with E-state index in [1.807, 2.05) is 0 Å². The van der Waals surface area contributed by atoms with E-state index in [1.54, 1.807) is 0 Å². The number of hydrogen-bond donors (Lipinski definition) is 0. The summed E-state index contributed by atoms with van der Waals surface area (Å²) in [5.41, 5.74) is 15.5. The van der Waals surface area contributed by atoms with E-state index in [2.05, 4.69) is 148 Å². The van der Waals surface area contributed by atoms with Gasteiger partial charge in [-0.2, -0.15) is 0 Å². The number of rotatable bonds is 5. The lowest BCUT2D eigenvalue weighted by Gasteiger charge is -2.35. The van der Waals surface area contributed by atoms with Crippen molar-refractivity contribution in [3.63, 3.8) is 0 Å². The largest absolute Gasteiger partial charge is 0.118 e. The minimum Gasteiger partial charge on any atom is -0.114 e. The zero-order valence-electron chi connectivity index (χ0n) is 23.9. The highest BCUT2D eigenvalue weighted by molar-refractivity contribution is 6.70. The summed E-state index contributed by atoms with van der Waals surface area (Å²) in [7, 11) is 0.180. The highest BCUT2D eigenvalue weighted by atomic mass is 35.5. The summed E-state index contributed by atoms with van der Waals surface area (Å²) in [5, 5.41) is 0. The van der Waals surface area contributed by atoms with Crippen LogP contribution < -0.4 is 0 Å². The Labute approximate surface area is 261 Å². The smallest absolute Gasteiger partial charge is 0.114 e. The van der Waals surface area contributed by atoms with Crippen molar-refractivity contribution in [1.29, 1.82) is 0 Å². The van der Waals surface area contributed by atoms with Crippen LogP contribution in [0.3, 0.4) is 0 Å². The minimum absolute atomic E-state index is 0.180. The summed E-state index contributed by atoms with van der Waals surface area (Å²) in [6, 6.07) is 45.0. The van der Waals surface area contributed by atoms with Gasteiger partial charge in [-0.3, -0.25) is 0 Å². The van der Waals surface area contributed by atoms with Crippen molar-refractivity contribution >= 4 is 43.9 Å². The van der Waals surface area contributed by atoms with Gasteiger partial charge in [-0.1, -0.05) is 127 Å². The Hall–Kier alpha value is -3.62. The zero-order chi connectivity index (χ0) is 29.1. The molecule has 2 unspecified atom stereocenters. The molecule has 0 saturated carbocycles. The summed E-state index contributed by atoms with van der Waals surface area (Å²) < 4.78 is -1.49. The molecule has 5 aromatic carbocycles. The van der Waals surface area contributed by atoms with Crippen molar-refractivity contribution in [3.05, 3.63) is 166 Å². The summed E-state index contributed by atoms with van der Waals surface area (Å²) in [6.45, 7) is 6.61. The van der Waals surface area contributed by atoms with Crippen molar-refractivity contribution < 1.29 is 0 Å². The SMILES string of the molecule is CC1=C(C)C(Cl)([Si]C2(Cl)C(C)=C(c3ccccc3)c3c(-c4ccccc4)cccc32)c2cccc(-c3ccccc3)c21. The molecule has 42 heavy (non-hydrogen) atoms. The van der Waals surface area contributed by atoms with Gasteiger partial charge in [-0.15, -0.1) is 23.2 Å². The molecule has 0 aliphatic heterocycles. The van der Waals surface area contributed by atoms with E-state index in [-0.39, 0.29) is 9.52 Å². The third-order valence-corrected chi connectivity index (χ3v) is 12.6. The molecule has 0 bridgehead atoms. The van der Waals surface area contributed by atoms with Crippen molar-refractivity contribution in [2.45, 2.75) is 29.8 Å². The van der Waals surface area contributed by atoms with Gasteiger partial charge in [0.05, 0.1) is 8.99 Å². The van der Waals surface area contributed by atoms with Crippen LogP contribution in [0.4, 0.5) is 0 Å². The topological polar surface area (TPSA) is 0 Å². The van der Waals surface area contributed by atoms with E-state index in [4.69, 9.17) is 23.2 Å². The first-order valence-electron chi connectivity index (χ1n) is 14.3. The maximum absolute atomic E-state index is 8.01. The Balaban J connectivity index is 1.44. The molecular weight excluding hydrogens is 567 g/mol. The van der Waals surface area contributed by atoms with Crippen molar-refractivity contribution in [3.8, 4) is 22.3 Å². The van der Waals surface area contributed by atoms with Crippen LogP contribution in [-0.2, 0) is 8.99 Å². The summed E-state index contributed by atoms with van der Waals surface area (Å²) in [5.74, 6) is 0. The van der Waals surface area contributed by atoms with Gasteiger partial charge in [0, 0.05) is 0 Å². The van der Waals surface area contributed by atoms with Crippen molar-refractivity contribution in [1.82, 2.24) is 0 Å². The number of allylic oxidation sites excluding steroid dienone is 3. The summed E-state index contributed by atoms with van der Waals surface area (Å²) in [6.07, 6.45) is 0. The Morgan fingerprint density at radius 1 is 0.452 bits per heavy atom. The predicted octanol–water partition coefficient (Wildman–Crippen LogP) is 10.9. The third kappa shape index (κ3) is 4.02. The first-order chi connectivity index (χ1) is 20.3. The van der Waals surface area contributed by atoms with Crippen LogP contribution in [0, 0.1) is 0 Å². The van der Waals surface area contributed by atoms with Gasteiger partial charge >= 0.3 is 0 Å². The maximum atomic E-state index is 8.01.